The highest BCUT2D eigenvalue weighted by atomic mass is 35.5. The van der Waals surface area contributed by atoms with Crippen LogP contribution in [0.1, 0.15) is 24.8 Å². The van der Waals surface area contributed by atoms with E-state index >= 15 is 0 Å². The Morgan fingerprint density at radius 2 is 1.95 bits per heavy atom. The van der Waals surface area contributed by atoms with Gasteiger partial charge in [0.05, 0.1) is 5.60 Å². The fourth-order valence-corrected chi connectivity index (χ4v) is 2.84. The second-order valence-corrected chi connectivity index (χ2v) is 5.49. The topological polar surface area (TPSA) is 40.5 Å². The van der Waals surface area contributed by atoms with E-state index in [0.717, 1.165) is 12.1 Å². The summed E-state index contributed by atoms with van der Waals surface area (Å²) in [5.74, 6) is 0.249. The standard InChI is InChI=1S/C15H21NO2.ClH/c1-16(2)11-13-10-14(17)8-9-15(13,18)12-6-4-3-5-7-12;/h3-7,13,18H,8-11H2,1-2H3;1H. The molecule has 0 aliphatic heterocycles. The molecule has 1 aliphatic carbocycles. The van der Waals surface area contributed by atoms with Gasteiger partial charge in [-0.1, -0.05) is 30.3 Å². The smallest absolute Gasteiger partial charge is 0.133 e. The van der Waals surface area contributed by atoms with Gasteiger partial charge in [-0.3, -0.25) is 4.79 Å². The third-order valence-corrected chi connectivity index (χ3v) is 3.79. The average molecular weight is 284 g/mol. The molecule has 1 saturated carbocycles. The van der Waals surface area contributed by atoms with Crippen LogP contribution in [0.3, 0.4) is 0 Å². The van der Waals surface area contributed by atoms with Crippen molar-refractivity contribution in [2.24, 2.45) is 5.92 Å². The van der Waals surface area contributed by atoms with Gasteiger partial charge in [0, 0.05) is 25.3 Å². The number of carbonyl (C=O) groups is 1. The van der Waals surface area contributed by atoms with E-state index in [0.29, 0.717) is 19.3 Å². The quantitative estimate of drug-likeness (QED) is 0.925. The van der Waals surface area contributed by atoms with Crippen LogP contribution in [-0.2, 0) is 10.4 Å². The predicted octanol–water partition coefficient (Wildman–Crippen LogP) is 2.23. The van der Waals surface area contributed by atoms with Gasteiger partial charge >= 0.3 is 0 Å². The lowest BCUT2D eigenvalue weighted by atomic mass is 9.71. The first-order valence-electron chi connectivity index (χ1n) is 6.46. The number of ketones is 1. The van der Waals surface area contributed by atoms with E-state index in [-0.39, 0.29) is 24.1 Å². The predicted molar refractivity (Wildman–Crippen MR) is 78.5 cm³/mol. The number of halogens is 1. The zero-order valence-corrected chi connectivity index (χ0v) is 12.3. The minimum Gasteiger partial charge on any atom is -0.385 e. The largest absolute Gasteiger partial charge is 0.385 e. The number of aliphatic hydroxyl groups is 1. The van der Waals surface area contributed by atoms with Crippen LogP contribution in [0, 0.1) is 5.92 Å². The van der Waals surface area contributed by atoms with Crippen molar-refractivity contribution in [1.29, 1.82) is 0 Å². The van der Waals surface area contributed by atoms with Crippen molar-refractivity contribution in [3.63, 3.8) is 0 Å². The number of hydrogen-bond donors (Lipinski definition) is 1. The molecule has 4 heteroatoms. The first kappa shape index (κ1) is 16.2. The Balaban J connectivity index is 0.00000180. The highest BCUT2D eigenvalue weighted by molar-refractivity contribution is 5.85. The molecular weight excluding hydrogens is 262 g/mol. The zero-order valence-electron chi connectivity index (χ0n) is 11.5. The van der Waals surface area contributed by atoms with Crippen LogP contribution in [0.4, 0.5) is 0 Å². The monoisotopic (exact) mass is 283 g/mol. The van der Waals surface area contributed by atoms with Crippen LogP contribution in [0.5, 0.6) is 0 Å². The Morgan fingerprint density at radius 3 is 2.53 bits per heavy atom. The molecule has 1 aromatic carbocycles. The van der Waals surface area contributed by atoms with Crippen molar-refractivity contribution < 1.29 is 9.90 Å². The number of carbonyl (C=O) groups excluding carboxylic acids is 1. The molecule has 0 aromatic heterocycles. The zero-order chi connectivity index (χ0) is 13.2. The highest BCUT2D eigenvalue weighted by Crippen LogP contribution is 2.40. The first-order valence-corrected chi connectivity index (χ1v) is 6.46. The van der Waals surface area contributed by atoms with Crippen molar-refractivity contribution in [3.05, 3.63) is 35.9 Å². The summed E-state index contributed by atoms with van der Waals surface area (Å²) in [5, 5.41) is 11.0. The van der Waals surface area contributed by atoms with Crippen molar-refractivity contribution in [2.45, 2.75) is 24.9 Å². The number of hydrogen-bond acceptors (Lipinski definition) is 3. The summed E-state index contributed by atoms with van der Waals surface area (Å²) in [7, 11) is 3.95. The molecule has 0 saturated heterocycles. The second-order valence-electron chi connectivity index (χ2n) is 5.49. The van der Waals surface area contributed by atoms with Crippen molar-refractivity contribution >= 4 is 18.2 Å². The van der Waals surface area contributed by atoms with Crippen molar-refractivity contribution in [2.75, 3.05) is 20.6 Å². The van der Waals surface area contributed by atoms with E-state index in [2.05, 4.69) is 0 Å². The number of rotatable bonds is 3. The lowest BCUT2D eigenvalue weighted by molar-refractivity contribution is -0.133. The molecule has 2 unspecified atom stereocenters. The van der Waals surface area contributed by atoms with Gasteiger partial charge in [-0.25, -0.2) is 0 Å². The van der Waals surface area contributed by atoms with Crippen LogP contribution in [0.25, 0.3) is 0 Å². The summed E-state index contributed by atoms with van der Waals surface area (Å²) in [6.45, 7) is 0.733. The fraction of sp³-hybridized carbons (Fsp3) is 0.533. The van der Waals surface area contributed by atoms with Crippen LogP contribution in [-0.4, -0.2) is 36.4 Å². The summed E-state index contributed by atoms with van der Waals surface area (Å²) in [4.78, 5) is 13.7. The Labute approximate surface area is 121 Å². The van der Waals surface area contributed by atoms with Gasteiger partial charge in [0.15, 0.2) is 0 Å². The van der Waals surface area contributed by atoms with Gasteiger partial charge < -0.3 is 10.0 Å². The van der Waals surface area contributed by atoms with E-state index in [1.165, 1.54) is 0 Å². The summed E-state index contributed by atoms with van der Waals surface area (Å²) in [5.41, 5.74) is 0.0729. The van der Waals surface area contributed by atoms with Crippen LogP contribution in [0.2, 0.25) is 0 Å². The molecule has 0 radical (unpaired) electrons. The molecule has 3 nitrogen and oxygen atoms in total. The molecule has 0 heterocycles. The molecule has 0 spiro atoms. The molecule has 19 heavy (non-hydrogen) atoms. The van der Waals surface area contributed by atoms with Crippen LogP contribution in [0.15, 0.2) is 30.3 Å². The Bertz CT molecular complexity index is 421. The molecule has 2 atom stereocenters. The molecule has 0 bridgehead atoms. The summed E-state index contributed by atoms with van der Waals surface area (Å²) < 4.78 is 0. The Morgan fingerprint density at radius 1 is 1.32 bits per heavy atom. The molecule has 1 aromatic rings. The molecule has 1 fully saturated rings. The maximum Gasteiger partial charge on any atom is 0.133 e. The van der Waals surface area contributed by atoms with Gasteiger partial charge in [-0.2, -0.15) is 0 Å². The van der Waals surface area contributed by atoms with Gasteiger partial charge in [0.1, 0.15) is 5.78 Å². The van der Waals surface area contributed by atoms with E-state index in [4.69, 9.17) is 0 Å². The highest BCUT2D eigenvalue weighted by Gasteiger charge is 2.42. The Hall–Kier alpha value is -0.900. The lowest BCUT2D eigenvalue weighted by Crippen LogP contribution is -2.45. The van der Waals surface area contributed by atoms with Gasteiger partial charge in [-0.15, -0.1) is 12.4 Å². The summed E-state index contributed by atoms with van der Waals surface area (Å²) >= 11 is 0. The third kappa shape index (κ3) is 3.56. The van der Waals surface area contributed by atoms with Gasteiger partial charge in [0.25, 0.3) is 0 Å². The maximum atomic E-state index is 11.6. The molecule has 1 aliphatic rings. The van der Waals surface area contributed by atoms with E-state index in [9.17, 15) is 9.90 Å². The second kappa shape index (κ2) is 6.51. The fourth-order valence-electron chi connectivity index (χ4n) is 2.84. The molecule has 0 amide bonds. The number of benzene rings is 1. The average Bonchev–Trinajstić information content (AvgIpc) is 2.34. The first-order chi connectivity index (χ1) is 8.52. The molecule has 106 valence electrons. The van der Waals surface area contributed by atoms with Crippen molar-refractivity contribution in [3.8, 4) is 0 Å². The Kier molecular flexibility index (Phi) is 5.53. The van der Waals surface area contributed by atoms with Crippen LogP contribution >= 0.6 is 12.4 Å². The molecule has 2 rings (SSSR count). The molecular formula is C15H22ClNO2. The minimum absolute atomic E-state index is 0. The summed E-state index contributed by atoms with van der Waals surface area (Å²) in [6, 6.07) is 9.74. The van der Waals surface area contributed by atoms with Gasteiger partial charge in [0.2, 0.25) is 0 Å². The van der Waals surface area contributed by atoms with Crippen LogP contribution < -0.4 is 0 Å². The van der Waals surface area contributed by atoms with E-state index < -0.39 is 5.60 Å². The third-order valence-electron chi connectivity index (χ3n) is 3.79. The number of Topliss-reactive ketones (excluding diaryl/α,β-unsaturated/α-hetero) is 1. The number of nitrogens with zero attached hydrogens (tertiary/aromatic N) is 1. The van der Waals surface area contributed by atoms with Crippen molar-refractivity contribution in [1.82, 2.24) is 4.90 Å². The van der Waals surface area contributed by atoms with E-state index in [1.54, 1.807) is 0 Å². The molecule has 1 N–H and O–H groups in total. The SMILES string of the molecule is CN(C)CC1CC(=O)CCC1(O)c1ccccc1.Cl. The van der Waals surface area contributed by atoms with Gasteiger partial charge in [-0.05, 0) is 26.1 Å². The van der Waals surface area contributed by atoms with E-state index in [1.807, 2.05) is 49.3 Å². The minimum atomic E-state index is -0.862. The summed E-state index contributed by atoms with van der Waals surface area (Å²) in [6.07, 6.45) is 1.49. The lowest BCUT2D eigenvalue weighted by Gasteiger charge is -2.41. The normalized spacial score (nSPS) is 27.2. The maximum absolute atomic E-state index is 11.6.